The number of hydrogen-bond acceptors (Lipinski definition) is 3. The largest absolute Gasteiger partial charge is 0.383 e. The van der Waals surface area contributed by atoms with Crippen molar-refractivity contribution in [1.29, 1.82) is 0 Å². The first-order valence-electron chi connectivity index (χ1n) is 6.77. The maximum absolute atomic E-state index is 11.9. The van der Waals surface area contributed by atoms with Crippen LogP contribution in [0.1, 0.15) is 32.6 Å². The zero-order valence-electron chi connectivity index (χ0n) is 11.7. The summed E-state index contributed by atoms with van der Waals surface area (Å²) in [6.07, 6.45) is 4.11. The quantitative estimate of drug-likeness (QED) is 0.666. The van der Waals surface area contributed by atoms with Gasteiger partial charge in [0.25, 0.3) is 0 Å². The predicted octanol–water partition coefficient (Wildman–Crippen LogP) is 1.78. The third-order valence-corrected chi connectivity index (χ3v) is 3.33. The molecule has 0 aromatic rings. The average molecular weight is 279 g/mol. The van der Waals surface area contributed by atoms with Crippen LogP contribution in [0.5, 0.6) is 0 Å². The second-order valence-corrected chi connectivity index (χ2v) is 4.67. The van der Waals surface area contributed by atoms with Gasteiger partial charge in [-0.2, -0.15) is 0 Å². The third kappa shape index (κ3) is 6.57. The van der Waals surface area contributed by atoms with Crippen LogP contribution in [0.3, 0.4) is 0 Å². The summed E-state index contributed by atoms with van der Waals surface area (Å²) >= 11 is 0. The highest BCUT2D eigenvalue weighted by Crippen LogP contribution is 2.07. The lowest BCUT2D eigenvalue weighted by molar-refractivity contribution is -0.133. The zero-order valence-corrected chi connectivity index (χ0v) is 12.5. The van der Waals surface area contributed by atoms with Crippen LogP contribution in [0.25, 0.3) is 0 Å². The molecule has 5 heteroatoms. The molecule has 0 aliphatic carbocycles. The molecule has 1 fully saturated rings. The number of amides is 1. The van der Waals surface area contributed by atoms with Crippen molar-refractivity contribution < 1.29 is 9.53 Å². The molecule has 1 heterocycles. The molecule has 0 aromatic carbocycles. The highest BCUT2D eigenvalue weighted by molar-refractivity contribution is 5.85. The van der Waals surface area contributed by atoms with E-state index in [1.165, 1.54) is 12.8 Å². The number of rotatable bonds is 7. The Morgan fingerprint density at radius 3 is 2.39 bits per heavy atom. The summed E-state index contributed by atoms with van der Waals surface area (Å²) in [5, 5.41) is 0. The highest BCUT2D eigenvalue weighted by atomic mass is 35.5. The van der Waals surface area contributed by atoms with E-state index in [-0.39, 0.29) is 12.4 Å². The normalized spacial score (nSPS) is 16.4. The fourth-order valence-electron chi connectivity index (χ4n) is 2.13. The van der Waals surface area contributed by atoms with Gasteiger partial charge in [-0.15, -0.1) is 12.4 Å². The lowest BCUT2D eigenvalue weighted by Gasteiger charge is -2.34. The number of carbonyl (C=O) groups is 1. The fourth-order valence-corrected chi connectivity index (χ4v) is 2.13. The molecule has 0 N–H and O–H groups in total. The van der Waals surface area contributed by atoms with Crippen molar-refractivity contribution in [3.8, 4) is 0 Å². The molecule has 108 valence electrons. The first kappa shape index (κ1) is 17.7. The van der Waals surface area contributed by atoms with E-state index in [1.54, 1.807) is 7.11 Å². The molecule has 0 radical (unpaired) electrons. The van der Waals surface area contributed by atoms with Crippen LogP contribution in [0.15, 0.2) is 0 Å². The minimum Gasteiger partial charge on any atom is -0.383 e. The number of hydrogen-bond donors (Lipinski definition) is 0. The molecule has 1 aliphatic rings. The maximum atomic E-state index is 11.9. The summed E-state index contributed by atoms with van der Waals surface area (Å²) in [5.74, 6) is 0.338. The van der Waals surface area contributed by atoms with E-state index in [9.17, 15) is 4.79 Å². The van der Waals surface area contributed by atoms with Crippen molar-refractivity contribution in [1.82, 2.24) is 9.80 Å². The molecule has 18 heavy (non-hydrogen) atoms. The van der Waals surface area contributed by atoms with Crippen molar-refractivity contribution >= 4 is 18.3 Å². The molecule has 0 saturated carbocycles. The van der Waals surface area contributed by atoms with Crippen molar-refractivity contribution in [2.45, 2.75) is 32.6 Å². The van der Waals surface area contributed by atoms with E-state index in [4.69, 9.17) is 4.74 Å². The van der Waals surface area contributed by atoms with Crippen molar-refractivity contribution in [3.63, 3.8) is 0 Å². The SMILES string of the molecule is CCCCCC(=O)N1CCN(CCOC)CC1.Cl. The summed E-state index contributed by atoms with van der Waals surface area (Å²) in [5.41, 5.74) is 0. The Hall–Kier alpha value is -0.320. The molecule has 0 aromatic heterocycles. The lowest BCUT2D eigenvalue weighted by Crippen LogP contribution is -2.49. The van der Waals surface area contributed by atoms with Crippen molar-refractivity contribution in [3.05, 3.63) is 0 Å². The summed E-state index contributed by atoms with van der Waals surface area (Å²) in [4.78, 5) is 16.2. The second kappa shape index (κ2) is 10.6. The number of unbranched alkanes of at least 4 members (excludes halogenated alkanes) is 2. The summed E-state index contributed by atoms with van der Waals surface area (Å²) in [7, 11) is 1.73. The molecule has 1 saturated heterocycles. The molecular weight excluding hydrogens is 252 g/mol. The van der Waals surface area contributed by atoms with Gasteiger partial charge < -0.3 is 9.64 Å². The van der Waals surface area contributed by atoms with Crippen LogP contribution < -0.4 is 0 Å². The van der Waals surface area contributed by atoms with Gasteiger partial charge in [-0.3, -0.25) is 9.69 Å². The number of piperazine rings is 1. The summed E-state index contributed by atoms with van der Waals surface area (Å²) in [6.45, 7) is 7.67. The van der Waals surface area contributed by atoms with Gasteiger partial charge in [0.15, 0.2) is 0 Å². The van der Waals surface area contributed by atoms with E-state index in [0.29, 0.717) is 5.91 Å². The molecule has 4 nitrogen and oxygen atoms in total. The van der Waals surface area contributed by atoms with Crippen LogP contribution in [0.4, 0.5) is 0 Å². The number of ether oxygens (including phenoxy) is 1. The van der Waals surface area contributed by atoms with Crippen LogP contribution in [-0.4, -0.2) is 62.1 Å². The van der Waals surface area contributed by atoms with Gasteiger partial charge in [-0.1, -0.05) is 19.8 Å². The lowest BCUT2D eigenvalue weighted by atomic mass is 10.2. The minimum atomic E-state index is 0. The summed E-state index contributed by atoms with van der Waals surface area (Å²) < 4.78 is 5.06. The average Bonchev–Trinajstić information content (AvgIpc) is 2.37. The fraction of sp³-hybridized carbons (Fsp3) is 0.923. The molecule has 1 aliphatic heterocycles. The van der Waals surface area contributed by atoms with E-state index in [2.05, 4.69) is 11.8 Å². The molecule has 0 unspecified atom stereocenters. The summed E-state index contributed by atoms with van der Waals surface area (Å²) in [6, 6.07) is 0. The smallest absolute Gasteiger partial charge is 0.222 e. The van der Waals surface area contributed by atoms with Crippen LogP contribution in [0, 0.1) is 0 Å². The van der Waals surface area contributed by atoms with Crippen molar-refractivity contribution in [2.24, 2.45) is 0 Å². The number of halogens is 1. The minimum absolute atomic E-state index is 0. The number of carbonyl (C=O) groups excluding carboxylic acids is 1. The Balaban J connectivity index is 0.00000289. The van der Waals surface area contributed by atoms with E-state index >= 15 is 0 Å². The maximum Gasteiger partial charge on any atom is 0.222 e. The van der Waals surface area contributed by atoms with Gasteiger partial charge in [0, 0.05) is 46.3 Å². The molecule has 0 spiro atoms. The van der Waals surface area contributed by atoms with Crippen LogP contribution in [-0.2, 0) is 9.53 Å². The Bertz CT molecular complexity index is 219. The first-order valence-corrected chi connectivity index (χ1v) is 6.77. The Kier molecular flexibility index (Phi) is 10.4. The molecule has 1 amide bonds. The third-order valence-electron chi connectivity index (χ3n) is 3.33. The predicted molar refractivity (Wildman–Crippen MR) is 76.3 cm³/mol. The molecule has 1 rings (SSSR count). The first-order chi connectivity index (χ1) is 8.27. The van der Waals surface area contributed by atoms with E-state index < -0.39 is 0 Å². The van der Waals surface area contributed by atoms with Gasteiger partial charge in [-0.25, -0.2) is 0 Å². The second-order valence-electron chi connectivity index (χ2n) is 4.67. The van der Waals surface area contributed by atoms with Gasteiger partial charge in [0.1, 0.15) is 0 Å². The molecular formula is C13H27ClN2O2. The monoisotopic (exact) mass is 278 g/mol. The van der Waals surface area contributed by atoms with Gasteiger partial charge in [-0.05, 0) is 6.42 Å². The molecule has 0 atom stereocenters. The van der Waals surface area contributed by atoms with Crippen LogP contribution in [0.2, 0.25) is 0 Å². The topological polar surface area (TPSA) is 32.8 Å². The van der Waals surface area contributed by atoms with Gasteiger partial charge >= 0.3 is 0 Å². The molecule has 0 bridgehead atoms. The standard InChI is InChI=1S/C13H26N2O2.ClH/c1-3-4-5-6-13(16)15-9-7-14(8-10-15)11-12-17-2;/h3-12H2,1-2H3;1H. The Labute approximate surface area is 117 Å². The number of methoxy groups -OCH3 is 1. The van der Waals surface area contributed by atoms with E-state index in [1.807, 2.05) is 4.90 Å². The van der Waals surface area contributed by atoms with Gasteiger partial charge in [0.2, 0.25) is 5.91 Å². The Morgan fingerprint density at radius 1 is 1.17 bits per heavy atom. The van der Waals surface area contributed by atoms with E-state index in [0.717, 1.165) is 52.2 Å². The van der Waals surface area contributed by atoms with Crippen molar-refractivity contribution in [2.75, 3.05) is 46.4 Å². The Morgan fingerprint density at radius 2 is 1.83 bits per heavy atom. The zero-order chi connectivity index (χ0) is 12.5. The number of nitrogens with zero attached hydrogens (tertiary/aromatic N) is 2. The van der Waals surface area contributed by atoms with Gasteiger partial charge in [0.05, 0.1) is 6.61 Å². The highest BCUT2D eigenvalue weighted by Gasteiger charge is 2.19. The van der Waals surface area contributed by atoms with Crippen LogP contribution >= 0.6 is 12.4 Å².